The second kappa shape index (κ2) is 6.16. The van der Waals surface area contributed by atoms with Crippen molar-refractivity contribution < 1.29 is 26.4 Å². The minimum atomic E-state index is -4.47. The average molecular weight is 363 g/mol. The number of anilines is 1. The molecular formula is C12H17N3O6S2. The van der Waals surface area contributed by atoms with Crippen molar-refractivity contribution in [3.05, 3.63) is 18.2 Å². The highest BCUT2D eigenvalue weighted by atomic mass is 32.2. The summed E-state index contributed by atoms with van der Waals surface area (Å²) < 4.78 is 48.7. The van der Waals surface area contributed by atoms with Crippen molar-refractivity contribution in [1.29, 1.82) is 0 Å². The van der Waals surface area contributed by atoms with E-state index in [2.05, 4.69) is 0 Å². The van der Waals surface area contributed by atoms with E-state index in [9.17, 15) is 26.4 Å². The molecule has 0 spiro atoms. The van der Waals surface area contributed by atoms with E-state index in [1.165, 1.54) is 28.2 Å². The fourth-order valence-electron chi connectivity index (χ4n) is 1.59. The lowest BCUT2D eigenvalue weighted by Crippen LogP contribution is -2.30. The molecule has 0 heterocycles. The molecule has 1 aromatic rings. The van der Waals surface area contributed by atoms with Crippen molar-refractivity contribution >= 4 is 35.8 Å². The van der Waals surface area contributed by atoms with Gasteiger partial charge in [-0.25, -0.2) is 16.8 Å². The predicted octanol–water partition coefficient (Wildman–Crippen LogP) is 0.179. The fraction of sp³-hybridized carbons (Fsp3) is 0.333. The quantitative estimate of drug-likeness (QED) is 0.740. The Labute approximate surface area is 134 Å². The summed E-state index contributed by atoms with van der Waals surface area (Å²) >= 11 is 0. The van der Waals surface area contributed by atoms with Crippen molar-refractivity contribution in [2.45, 2.75) is 9.79 Å². The number of benzene rings is 1. The van der Waals surface area contributed by atoms with Crippen molar-refractivity contribution in [3.8, 4) is 0 Å². The highest BCUT2D eigenvalue weighted by Gasteiger charge is 2.32. The monoisotopic (exact) mass is 363 g/mol. The van der Waals surface area contributed by atoms with E-state index in [1.807, 2.05) is 0 Å². The van der Waals surface area contributed by atoms with Crippen molar-refractivity contribution in [3.63, 3.8) is 0 Å². The lowest BCUT2D eigenvalue weighted by atomic mass is 10.3. The van der Waals surface area contributed by atoms with Gasteiger partial charge in [-0.3, -0.25) is 9.59 Å². The van der Waals surface area contributed by atoms with Crippen molar-refractivity contribution in [1.82, 2.24) is 9.80 Å². The van der Waals surface area contributed by atoms with E-state index in [4.69, 9.17) is 5.73 Å². The highest BCUT2D eigenvalue weighted by molar-refractivity contribution is 8.06. The van der Waals surface area contributed by atoms with Gasteiger partial charge in [-0.2, -0.15) is 0 Å². The van der Waals surface area contributed by atoms with Crippen molar-refractivity contribution in [2.24, 2.45) is 0 Å². The van der Waals surface area contributed by atoms with E-state index < -0.39 is 39.9 Å². The topological polar surface area (TPSA) is 135 Å². The molecule has 0 radical (unpaired) electrons. The van der Waals surface area contributed by atoms with Crippen LogP contribution in [0.1, 0.15) is 0 Å². The maximum atomic E-state index is 12.2. The Bertz CT molecular complexity index is 789. The number of carbonyl (C=O) groups excluding carboxylic acids is 2. The second-order valence-electron chi connectivity index (χ2n) is 5.07. The number of hydrogen-bond acceptors (Lipinski definition) is 7. The molecule has 0 saturated carbocycles. The lowest BCUT2D eigenvalue weighted by Gasteiger charge is -2.14. The first-order chi connectivity index (χ1) is 10.3. The minimum Gasteiger partial charge on any atom is -0.399 e. The second-order valence-corrected chi connectivity index (χ2v) is 8.72. The van der Waals surface area contributed by atoms with Gasteiger partial charge < -0.3 is 15.5 Å². The first-order valence-electron chi connectivity index (χ1n) is 6.15. The molecule has 0 aliphatic rings. The van der Waals surface area contributed by atoms with Crippen LogP contribution in [-0.2, 0) is 19.7 Å². The zero-order valence-corrected chi connectivity index (χ0v) is 14.6. The molecule has 1 rings (SSSR count). The normalized spacial score (nSPS) is 11.8. The average Bonchev–Trinajstić information content (AvgIpc) is 2.44. The van der Waals surface area contributed by atoms with Gasteiger partial charge in [0.2, 0.25) is 0 Å². The third-order valence-electron chi connectivity index (χ3n) is 2.71. The molecule has 23 heavy (non-hydrogen) atoms. The molecule has 0 bridgehead atoms. The van der Waals surface area contributed by atoms with Crippen LogP contribution in [0.15, 0.2) is 28.0 Å². The Hall–Kier alpha value is -2.14. The minimum absolute atomic E-state index is 0.206. The van der Waals surface area contributed by atoms with Crippen LogP contribution in [0.4, 0.5) is 15.3 Å². The van der Waals surface area contributed by atoms with Crippen LogP contribution in [0, 0.1) is 0 Å². The Morgan fingerprint density at radius 2 is 1.09 bits per heavy atom. The molecule has 0 saturated heterocycles. The largest absolute Gasteiger partial charge is 0.399 e. The van der Waals surface area contributed by atoms with Crippen LogP contribution in [0.3, 0.4) is 0 Å². The molecule has 2 N–H and O–H groups in total. The van der Waals surface area contributed by atoms with Gasteiger partial charge in [-0.05, 0) is 18.2 Å². The van der Waals surface area contributed by atoms with Crippen LogP contribution in [-0.4, -0.2) is 65.3 Å². The van der Waals surface area contributed by atoms with Crippen LogP contribution in [0.2, 0.25) is 0 Å². The summed E-state index contributed by atoms with van der Waals surface area (Å²) in [5, 5.41) is -2.46. The molecule has 9 nitrogen and oxygen atoms in total. The molecule has 0 aliphatic heterocycles. The lowest BCUT2D eigenvalue weighted by molar-refractivity contribution is 0.238. The van der Waals surface area contributed by atoms with Crippen LogP contribution in [0.25, 0.3) is 0 Å². The third kappa shape index (κ3) is 3.62. The summed E-state index contributed by atoms with van der Waals surface area (Å²) in [7, 11) is -4.00. The fourth-order valence-corrected chi connectivity index (χ4v) is 4.17. The molecule has 2 amide bonds. The van der Waals surface area contributed by atoms with Gasteiger partial charge in [0, 0.05) is 33.9 Å². The van der Waals surface area contributed by atoms with Gasteiger partial charge in [0.1, 0.15) is 0 Å². The molecule has 0 aliphatic carbocycles. The van der Waals surface area contributed by atoms with Crippen LogP contribution >= 0.6 is 0 Å². The molecule has 0 aromatic heterocycles. The van der Waals surface area contributed by atoms with Gasteiger partial charge >= 0.3 is 10.5 Å². The third-order valence-corrected chi connectivity index (χ3v) is 6.08. The van der Waals surface area contributed by atoms with Gasteiger partial charge in [-0.1, -0.05) is 0 Å². The summed E-state index contributed by atoms with van der Waals surface area (Å²) in [4.78, 5) is 24.0. The molecule has 1 aromatic carbocycles. The zero-order chi connectivity index (χ0) is 18.2. The first kappa shape index (κ1) is 18.9. The van der Waals surface area contributed by atoms with E-state index in [0.29, 0.717) is 0 Å². The van der Waals surface area contributed by atoms with Crippen molar-refractivity contribution in [2.75, 3.05) is 33.9 Å². The summed E-state index contributed by atoms with van der Waals surface area (Å²) in [5.74, 6) is 0. The molecular weight excluding hydrogens is 346 g/mol. The Morgan fingerprint density at radius 3 is 1.35 bits per heavy atom. The summed E-state index contributed by atoms with van der Waals surface area (Å²) in [5.41, 5.74) is 5.32. The van der Waals surface area contributed by atoms with Gasteiger partial charge in [-0.15, -0.1) is 0 Å². The maximum absolute atomic E-state index is 12.2. The number of sulfone groups is 2. The summed E-state index contributed by atoms with van der Waals surface area (Å²) in [6.07, 6.45) is 0. The first-order valence-corrected chi connectivity index (χ1v) is 9.11. The SMILES string of the molecule is CN(C)C(=O)S(=O)(=O)c1cc(N)cc(S(=O)(=O)C(=O)N(C)C)c1. The molecule has 11 heteroatoms. The highest BCUT2D eigenvalue weighted by Crippen LogP contribution is 2.24. The Balaban J connectivity index is 3.59. The predicted molar refractivity (Wildman–Crippen MR) is 83.4 cm³/mol. The number of nitrogens with two attached hydrogens (primary N) is 1. The van der Waals surface area contributed by atoms with Crippen LogP contribution < -0.4 is 5.73 Å². The number of rotatable bonds is 2. The Kier molecular flexibility index (Phi) is 5.07. The molecule has 0 unspecified atom stereocenters. The van der Waals surface area contributed by atoms with Gasteiger partial charge in [0.05, 0.1) is 9.79 Å². The van der Waals surface area contributed by atoms with E-state index in [-0.39, 0.29) is 5.69 Å². The number of hydrogen-bond donors (Lipinski definition) is 1. The number of nitrogens with zero attached hydrogens (tertiary/aromatic N) is 2. The summed E-state index contributed by atoms with van der Waals surface area (Å²) in [6.45, 7) is 0. The zero-order valence-electron chi connectivity index (χ0n) is 13.0. The molecule has 0 atom stereocenters. The number of nitrogen functional groups attached to an aromatic ring is 1. The number of amides is 2. The smallest absolute Gasteiger partial charge is 0.343 e. The summed E-state index contributed by atoms with van der Waals surface area (Å²) in [6, 6.07) is 2.65. The van der Waals surface area contributed by atoms with Crippen LogP contribution in [0.5, 0.6) is 0 Å². The Morgan fingerprint density at radius 1 is 0.783 bits per heavy atom. The molecule has 0 fully saturated rings. The van der Waals surface area contributed by atoms with Gasteiger partial charge in [0.15, 0.2) is 0 Å². The maximum Gasteiger partial charge on any atom is 0.343 e. The molecule has 128 valence electrons. The van der Waals surface area contributed by atoms with E-state index >= 15 is 0 Å². The van der Waals surface area contributed by atoms with Gasteiger partial charge in [0.25, 0.3) is 19.7 Å². The van der Waals surface area contributed by atoms with E-state index in [1.54, 1.807) is 0 Å². The number of carbonyl (C=O) groups is 2. The van der Waals surface area contributed by atoms with E-state index in [0.717, 1.165) is 28.0 Å². The standard InChI is InChI=1S/C12H17N3O6S2/c1-14(2)11(16)22(18,19)9-5-8(13)6-10(7-9)23(20,21)12(17)15(3)4/h5-7H,13H2,1-4H3.